The van der Waals surface area contributed by atoms with Crippen molar-refractivity contribution in [2.24, 2.45) is 5.73 Å². The molecule has 1 rings (SSSR count). The molecular weight excluding hydrogens is 250 g/mol. The largest absolute Gasteiger partial charge is 0.496 e. The summed E-state index contributed by atoms with van der Waals surface area (Å²) in [5.74, 6) is 6.70. The summed E-state index contributed by atoms with van der Waals surface area (Å²) in [7, 11) is 3.66. The highest BCUT2D eigenvalue weighted by Gasteiger charge is 2.12. The SMILES string of the molecule is COc1ccc(C#CCN)cc1CN(C)C(C)CC#N. The molecule has 2 N–H and O–H groups in total. The predicted octanol–water partition coefficient (Wildman–Crippen LogP) is 1.74. The molecular formula is C16H21N3O. The topological polar surface area (TPSA) is 62.3 Å². The summed E-state index contributed by atoms with van der Waals surface area (Å²) >= 11 is 0. The first-order valence-corrected chi connectivity index (χ1v) is 6.55. The summed E-state index contributed by atoms with van der Waals surface area (Å²) in [6, 6.07) is 8.24. The van der Waals surface area contributed by atoms with Crippen LogP contribution in [0.15, 0.2) is 18.2 Å². The Morgan fingerprint density at radius 2 is 2.20 bits per heavy atom. The third kappa shape index (κ3) is 4.59. The zero-order valence-electron chi connectivity index (χ0n) is 12.3. The molecule has 1 aromatic carbocycles. The average Bonchev–Trinajstić information content (AvgIpc) is 2.45. The van der Waals surface area contributed by atoms with E-state index in [0.29, 0.717) is 19.5 Å². The van der Waals surface area contributed by atoms with Gasteiger partial charge in [-0.3, -0.25) is 4.90 Å². The molecule has 0 fully saturated rings. The van der Waals surface area contributed by atoms with E-state index in [0.717, 1.165) is 16.9 Å². The van der Waals surface area contributed by atoms with Gasteiger partial charge in [0, 0.05) is 23.7 Å². The minimum atomic E-state index is 0.198. The lowest BCUT2D eigenvalue weighted by Gasteiger charge is -2.23. The van der Waals surface area contributed by atoms with Crippen molar-refractivity contribution in [3.8, 4) is 23.7 Å². The number of benzene rings is 1. The minimum Gasteiger partial charge on any atom is -0.496 e. The van der Waals surface area contributed by atoms with Crippen LogP contribution < -0.4 is 10.5 Å². The molecule has 0 spiro atoms. The van der Waals surface area contributed by atoms with Crippen molar-refractivity contribution >= 4 is 0 Å². The lowest BCUT2D eigenvalue weighted by molar-refractivity contribution is 0.248. The van der Waals surface area contributed by atoms with Crippen LogP contribution in [0, 0.1) is 23.2 Å². The van der Waals surface area contributed by atoms with Crippen molar-refractivity contribution in [2.75, 3.05) is 20.7 Å². The van der Waals surface area contributed by atoms with Crippen LogP contribution in [0.4, 0.5) is 0 Å². The highest BCUT2D eigenvalue weighted by atomic mass is 16.5. The van der Waals surface area contributed by atoms with Crippen LogP contribution in [0.2, 0.25) is 0 Å². The number of nitrogens with two attached hydrogens (primary N) is 1. The van der Waals surface area contributed by atoms with E-state index in [2.05, 4.69) is 22.8 Å². The number of nitriles is 1. The van der Waals surface area contributed by atoms with E-state index in [1.165, 1.54) is 0 Å². The van der Waals surface area contributed by atoms with Crippen LogP contribution in [0.1, 0.15) is 24.5 Å². The molecule has 0 aliphatic rings. The van der Waals surface area contributed by atoms with Gasteiger partial charge in [0.15, 0.2) is 0 Å². The molecule has 1 atom stereocenters. The molecule has 0 aliphatic carbocycles. The summed E-state index contributed by atoms with van der Waals surface area (Å²) < 4.78 is 5.38. The van der Waals surface area contributed by atoms with Gasteiger partial charge in [0.25, 0.3) is 0 Å². The predicted molar refractivity (Wildman–Crippen MR) is 80.1 cm³/mol. The number of ether oxygens (including phenoxy) is 1. The Morgan fingerprint density at radius 3 is 2.80 bits per heavy atom. The summed E-state index contributed by atoms with van der Waals surface area (Å²) in [6.07, 6.45) is 0.505. The number of hydrogen-bond donors (Lipinski definition) is 1. The smallest absolute Gasteiger partial charge is 0.123 e. The van der Waals surface area contributed by atoms with Crippen LogP contribution in [0.5, 0.6) is 5.75 Å². The third-order valence-corrected chi connectivity index (χ3v) is 3.17. The average molecular weight is 271 g/mol. The van der Waals surface area contributed by atoms with Crippen LogP contribution >= 0.6 is 0 Å². The van der Waals surface area contributed by atoms with Crippen molar-refractivity contribution in [2.45, 2.75) is 25.9 Å². The van der Waals surface area contributed by atoms with Crippen LogP contribution in [0.25, 0.3) is 0 Å². The van der Waals surface area contributed by atoms with Gasteiger partial charge in [-0.25, -0.2) is 0 Å². The van der Waals surface area contributed by atoms with E-state index < -0.39 is 0 Å². The molecule has 0 heterocycles. The molecule has 1 unspecified atom stereocenters. The summed E-state index contributed by atoms with van der Waals surface area (Å²) in [6.45, 7) is 3.10. The van der Waals surface area contributed by atoms with Crippen molar-refractivity contribution < 1.29 is 4.74 Å². The van der Waals surface area contributed by atoms with Crippen molar-refractivity contribution in [1.82, 2.24) is 4.90 Å². The summed E-state index contributed by atoms with van der Waals surface area (Å²) in [5.41, 5.74) is 7.37. The maximum absolute atomic E-state index is 8.76. The molecule has 1 aromatic rings. The maximum atomic E-state index is 8.76. The van der Waals surface area contributed by atoms with Crippen molar-refractivity contribution in [3.05, 3.63) is 29.3 Å². The zero-order valence-corrected chi connectivity index (χ0v) is 12.3. The van der Waals surface area contributed by atoms with Gasteiger partial charge in [-0.15, -0.1) is 0 Å². The standard InChI is InChI=1S/C16H21N3O/c1-13(8-10-18)19(2)12-15-11-14(5-4-9-17)6-7-16(15)20-3/h6-7,11,13H,8-9,12,17H2,1-3H3. The number of methoxy groups -OCH3 is 1. The van der Waals surface area contributed by atoms with Crippen LogP contribution in [-0.2, 0) is 6.54 Å². The molecule has 0 bridgehead atoms. The Bertz CT molecular complexity index is 537. The molecule has 20 heavy (non-hydrogen) atoms. The Balaban J connectivity index is 2.94. The number of hydrogen-bond acceptors (Lipinski definition) is 4. The fourth-order valence-corrected chi connectivity index (χ4v) is 1.85. The minimum absolute atomic E-state index is 0.198. The van der Waals surface area contributed by atoms with Gasteiger partial charge in [-0.1, -0.05) is 11.8 Å². The second-order valence-electron chi connectivity index (χ2n) is 4.66. The Kier molecular flexibility index (Phi) is 6.59. The van der Waals surface area contributed by atoms with Gasteiger partial charge in [-0.05, 0) is 32.2 Å². The quantitative estimate of drug-likeness (QED) is 0.829. The van der Waals surface area contributed by atoms with Crippen molar-refractivity contribution in [1.29, 1.82) is 5.26 Å². The molecule has 0 radical (unpaired) electrons. The lowest BCUT2D eigenvalue weighted by Crippen LogP contribution is -2.28. The van der Waals surface area contributed by atoms with E-state index in [1.807, 2.05) is 32.2 Å². The molecule has 0 aliphatic heterocycles. The van der Waals surface area contributed by atoms with E-state index in [1.54, 1.807) is 7.11 Å². The van der Waals surface area contributed by atoms with Gasteiger partial charge < -0.3 is 10.5 Å². The molecule has 0 saturated carbocycles. The highest BCUT2D eigenvalue weighted by molar-refractivity contribution is 5.44. The van der Waals surface area contributed by atoms with Crippen molar-refractivity contribution in [3.63, 3.8) is 0 Å². The first-order valence-electron chi connectivity index (χ1n) is 6.55. The Morgan fingerprint density at radius 1 is 1.45 bits per heavy atom. The summed E-state index contributed by atoms with van der Waals surface area (Å²) in [5, 5.41) is 8.76. The molecule has 0 amide bonds. The van der Waals surface area contributed by atoms with E-state index >= 15 is 0 Å². The normalized spacial score (nSPS) is 11.4. The van der Waals surface area contributed by atoms with Gasteiger partial charge in [0.05, 0.1) is 26.1 Å². The van der Waals surface area contributed by atoms with E-state index in [-0.39, 0.29) is 6.04 Å². The second-order valence-corrected chi connectivity index (χ2v) is 4.66. The monoisotopic (exact) mass is 271 g/mol. The fourth-order valence-electron chi connectivity index (χ4n) is 1.85. The summed E-state index contributed by atoms with van der Waals surface area (Å²) in [4.78, 5) is 2.13. The van der Waals surface area contributed by atoms with Crippen LogP contribution in [-0.4, -0.2) is 31.6 Å². The molecule has 106 valence electrons. The lowest BCUT2D eigenvalue weighted by atomic mass is 10.1. The Labute approximate surface area is 121 Å². The van der Waals surface area contributed by atoms with Gasteiger partial charge in [0.2, 0.25) is 0 Å². The zero-order chi connectivity index (χ0) is 15.0. The number of rotatable bonds is 5. The fraction of sp³-hybridized carbons (Fsp3) is 0.438. The molecule has 0 aromatic heterocycles. The maximum Gasteiger partial charge on any atom is 0.123 e. The first kappa shape index (κ1) is 16.0. The number of nitrogens with zero attached hydrogens (tertiary/aromatic N) is 2. The van der Waals surface area contributed by atoms with Gasteiger partial charge >= 0.3 is 0 Å². The van der Waals surface area contributed by atoms with Crippen LogP contribution in [0.3, 0.4) is 0 Å². The van der Waals surface area contributed by atoms with E-state index in [4.69, 9.17) is 15.7 Å². The third-order valence-electron chi connectivity index (χ3n) is 3.17. The second kappa shape index (κ2) is 8.22. The highest BCUT2D eigenvalue weighted by Crippen LogP contribution is 2.22. The van der Waals surface area contributed by atoms with Gasteiger partial charge in [0.1, 0.15) is 5.75 Å². The van der Waals surface area contributed by atoms with Gasteiger partial charge in [-0.2, -0.15) is 5.26 Å². The Hall–Kier alpha value is -2.01. The first-order chi connectivity index (χ1) is 9.62. The molecule has 4 nitrogen and oxygen atoms in total. The molecule has 4 heteroatoms. The molecule has 0 saturated heterocycles. The van der Waals surface area contributed by atoms with E-state index in [9.17, 15) is 0 Å².